The van der Waals surface area contributed by atoms with E-state index >= 15 is 0 Å². The predicted octanol–water partition coefficient (Wildman–Crippen LogP) is -0.205. The number of nitrogens with one attached hydrogen (secondary N) is 1. The van der Waals surface area contributed by atoms with E-state index < -0.39 is 0 Å². The van der Waals surface area contributed by atoms with Crippen molar-refractivity contribution in [3.05, 3.63) is 23.7 Å². The Labute approximate surface area is 140 Å². The molecule has 0 saturated carbocycles. The van der Waals surface area contributed by atoms with Crippen LogP contribution in [0, 0.1) is 5.92 Å². The standard InChI is InChI=1S/C16H24N4O4/c1-19(2)16(23)13-6-5-12(24-13)8-18-15(22)11-4-3-7-20(9-11)10-14(17)21/h5-6,11H,3-4,7-10H2,1-2H3,(H2,17,21)(H,18,22). The molecule has 3 N–H and O–H groups in total. The lowest BCUT2D eigenvalue weighted by Crippen LogP contribution is -2.45. The first-order chi connectivity index (χ1) is 11.4. The maximum absolute atomic E-state index is 12.3. The number of carbonyl (C=O) groups is 3. The number of carbonyl (C=O) groups excluding carboxylic acids is 3. The van der Waals surface area contributed by atoms with Crippen molar-refractivity contribution in [3.63, 3.8) is 0 Å². The Kier molecular flexibility index (Phi) is 5.97. The van der Waals surface area contributed by atoms with Gasteiger partial charge < -0.3 is 20.4 Å². The largest absolute Gasteiger partial charge is 0.454 e. The Morgan fingerprint density at radius 2 is 2.12 bits per heavy atom. The van der Waals surface area contributed by atoms with Crippen LogP contribution in [-0.2, 0) is 16.1 Å². The second kappa shape index (κ2) is 7.96. The Hall–Kier alpha value is -2.35. The zero-order valence-electron chi connectivity index (χ0n) is 14.1. The summed E-state index contributed by atoms with van der Waals surface area (Å²) in [5.41, 5.74) is 5.20. The Morgan fingerprint density at radius 1 is 1.38 bits per heavy atom. The smallest absolute Gasteiger partial charge is 0.289 e. The number of rotatable bonds is 6. The molecule has 132 valence electrons. The molecule has 0 aromatic carbocycles. The fourth-order valence-electron chi connectivity index (χ4n) is 2.76. The Morgan fingerprint density at radius 3 is 2.79 bits per heavy atom. The third-order valence-electron chi connectivity index (χ3n) is 3.97. The topological polar surface area (TPSA) is 109 Å². The fourth-order valence-corrected chi connectivity index (χ4v) is 2.76. The van der Waals surface area contributed by atoms with Crippen LogP contribution in [0.1, 0.15) is 29.2 Å². The molecule has 0 radical (unpaired) electrons. The van der Waals surface area contributed by atoms with Crippen LogP contribution in [-0.4, -0.2) is 61.3 Å². The molecule has 1 aliphatic heterocycles. The zero-order valence-corrected chi connectivity index (χ0v) is 14.1. The maximum Gasteiger partial charge on any atom is 0.289 e. The molecule has 1 saturated heterocycles. The van der Waals surface area contributed by atoms with Crippen molar-refractivity contribution in [2.24, 2.45) is 11.7 Å². The van der Waals surface area contributed by atoms with Gasteiger partial charge in [0.05, 0.1) is 19.0 Å². The van der Waals surface area contributed by atoms with Gasteiger partial charge in [0.2, 0.25) is 11.8 Å². The van der Waals surface area contributed by atoms with Crippen LogP contribution in [0.15, 0.2) is 16.5 Å². The van der Waals surface area contributed by atoms with E-state index in [-0.39, 0.29) is 42.5 Å². The summed E-state index contributed by atoms with van der Waals surface area (Å²) in [5.74, 6) is -0.0865. The number of furan rings is 1. The molecule has 1 atom stereocenters. The fraction of sp³-hybridized carbons (Fsp3) is 0.562. The van der Waals surface area contributed by atoms with Crippen molar-refractivity contribution in [2.45, 2.75) is 19.4 Å². The first-order valence-corrected chi connectivity index (χ1v) is 7.95. The lowest BCUT2D eigenvalue weighted by molar-refractivity contribution is -0.128. The first-order valence-electron chi connectivity index (χ1n) is 7.95. The van der Waals surface area contributed by atoms with Crippen molar-refractivity contribution >= 4 is 17.7 Å². The van der Waals surface area contributed by atoms with Gasteiger partial charge in [-0.1, -0.05) is 0 Å². The Balaban J connectivity index is 1.84. The van der Waals surface area contributed by atoms with E-state index in [1.807, 2.05) is 4.90 Å². The van der Waals surface area contributed by atoms with E-state index in [0.29, 0.717) is 12.3 Å². The van der Waals surface area contributed by atoms with Gasteiger partial charge in [-0.3, -0.25) is 19.3 Å². The van der Waals surface area contributed by atoms with Crippen molar-refractivity contribution in [2.75, 3.05) is 33.7 Å². The second-order valence-electron chi connectivity index (χ2n) is 6.22. The molecule has 2 heterocycles. The minimum atomic E-state index is -0.385. The summed E-state index contributed by atoms with van der Waals surface area (Å²) in [6.07, 6.45) is 1.64. The summed E-state index contributed by atoms with van der Waals surface area (Å²) in [5, 5.41) is 2.82. The van der Waals surface area contributed by atoms with Crippen LogP contribution in [0.4, 0.5) is 0 Å². The molecule has 1 aliphatic rings. The maximum atomic E-state index is 12.3. The molecule has 1 aromatic rings. The summed E-state index contributed by atoms with van der Waals surface area (Å²) >= 11 is 0. The van der Waals surface area contributed by atoms with Gasteiger partial charge in [0.25, 0.3) is 5.91 Å². The Bertz CT molecular complexity index is 611. The van der Waals surface area contributed by atoms with E-state index in [9.17, 15) is 14.4 Å². The van der Waals surface area contributed by atoms with E-state index in [4.69, 9.17) is 10.2 Å². The SMILES string of the molecule is CN(C)C(=O)c1ccc(CNC(=O)C2CCCN(CC(N)=O)C2)o1. The highest BCUT2D eigenvalue weighted by molar-refractivity contribution is 5.91. The number of nitrogens with two attached hydrogens (primary N) is 1. The molecule has 3 amide bonds. The number of hydrogen-bond acceptors (Lipinski definition) is 5. The number of nitrogens with zero attached hydrogens (tertiary/aromatic N) is 2. The molecular weight excluding hydrogens is 312 g/mol. The normalized spacial score (nSPS) is 18.2. The van der Waals surface area contributed by atoms with E-state index in [0.717, 1.165) is 19.4 Å². The predicted molar refractivity (Wildman–Crippen MR) is 86.9 cm³/mol. The van der Waals surface area contributed by atoms with Crippen LogP contribution in [0.3, 0.4) is 0 Å². The zero-order chi connectivity index (χ0) is 17.7. The average molecular weight is 336 g/mol. The van der Waals surface area contributed by atoms with Crippen molar-refractivity contribution in [3.8, 4) is 0 Å². The highest BCUT2D eigenvalue weighted by atomic mass is 16.4. The summed E-state index contributed by atoms with van der Waals surface area (Å²) in [6, 6.07) is 3.27. The number of likely N-dealkylation sites (tertiary alicyclic amines) is 1. The second-order valence-corrected chi connectivity index (χ2v) is 6.22. The average Bonchev–Trinajstić information content (AvgIpc) is 3.00. The lowest BCUT2D eigenvalue weighted by atomic mass is 9.97. The molecule has 1 fully saturated rings. The van der Waals surface area contributed by atoms with Crippen molar-refractivity contribution in [1.82, 2.24) is 15.1 Å². The molecule has 1 aromatic heterocycles. The molecule has 0 spiro atoms. The number of amides is 3. The van der Waals surface area contributed by atoms with Gasteiger partial charge in [0.1, 0.15) is 5.76 Å². The molecule has 0 bridgehead atoms. The highest BCUT2D eigenvalue weighted by Gasteiger charge is 2.26. The summed E-state index contributed by atoms with van der Waals surface area (Å²) < 4.78 is 5.44. The quantitative estimate of drug-likeness (QED) is 0.747. The minimum Gasteiger partial charge on any atom is -0.454 e. The molecule has 8 nitrogen and oxygen atoms in total. The molecule has 2 rings (SSSR count). The number of piperidine rings is 1. The molecule has 0 aliphatic carbocycles. The molecule has 24 heavy (non-hydrogen) atoms. The van der Waals surface area contributed by atoms with Gasteiger partial charge >= 0.3 is 0 Å². The monoisotopic (exact) mass is 336 g/mol. The summed E-state index contributed by atoms with van der Waals surface area (Å²) in [7, 11) is 3.29. The molecular formula is C16H24N4O4. The third-order valence-corrected chi connectivity index (χ3v) is 3.97. The van der Waals surface area contributed by atoms with Gasteiger partial charge in [0, 0.05) is 20.6 Å². The van der Waals surface area contributed by atoms with E-state index in [1.165, 1.54) is 4.90 Å². The van der Waals surface area contributed by atoms with Gasteiger partial charge in [-0.15, -0.1) is 0 Å². The van der Waals surface area contributed by atoms with Gasteiger partial charge in [-0.05, 0) is 31.5 Å². The highest BCUT2D eigenvalue weighted by Crippen LogP contribution is 2.17. The third kappa shape index (κ3) is 4.82. The van der Waals surface area contributed by atoms with Gasteiger partial charge in [-0.2, -0.15) is 0 Å². The number of hydrogen-bond donors (Lipinski definition) is 2. The van der Waals surface area contributed by atoms with Crippen molar-refractivity contribution < 1.29 is 18.8 Å². The van der Waals surface area contributed by atoms with Crippen LogP contribution >= 0.6 is 0 Å². The lowest BCUT2D eigenvalue weighted by Gasteiger charge is -2.30. The van der Waals surface area contributed by atoms with Crippen LogP contribution in [0.5, 0.6) is 0 Å². The van der Waals surface area contributed by atoms with E-state index in [1.54, 1.807) is 26.2 Å². The first kappa shape index (κ1) is 18.0. The van der Waals surface area contributed by atoms with Crippen molar-refractivity contribution in [1.29, 1.82) is 0 Å². The van der Waals surface area contributed by atoms with Crippen LogP contribution < -0.4 is 11.1 Å². The number of primary amides is 1. The summed E-state index contributed by atoms with van der Waals surface area (Å²) in [6.45, 7) is 1.71. The minimum absolute atomic E-state index is 0.0824. The molecule has 8 heteroatoms. The van der Waals surface area contributed by atoms with E-state index in [2.05, 4.69) is 5.32 Å². The van der Waals surface area contributed by atoms with Gasteiger partial charge in [-0.25, -0.2) is 0 Å². The summed E-state index contributed by atoms with van der Waals surface area (Å²) in [4.78, 5) is 38.4. The van der Waals surface area contributed by atoms with Crippen LogP contribution in [0.25, 0.3) is 0 Å². The molecule has 1 unspecified atom stereocenters. The van der Waals surface area contributed by atoms with Gasteiger partial charge in [0.15, 0.2) is 5.76 Å². The van der Waals surface area contributed by atoms with Crippen LogP contribution in [0.2, 0.25) is 0 Å².